The molecule has 5 nitrogen and oxygen atoms in total. The van der Waals surface area contributed by atoms with Crippen LogP contribution in [0.2, 0.25) is 5.02 Å². The Kier molecular flexibility index (Phi) is 6.21. The molecule has 0 spiro atoms. The largest absolute Gasteiger partial charge is 0.322 e. The number of amides is 1. The van der Waals surface area contributed by atoms with Crippen LogP contribution >= 0.6 is 11.6 Å². The third-order valence-corrected chi connectivity index (χ3v) is 5.43. The van der Waals surface area contributed by atoms with Crippen LogP contribution < -0.4 is 10.0 Å². The number of halogens is 1. The fraction of sp³-hybridized carbons (Fsp3) is 0.278. The van der Waals surface area contributed by atoms with Crippen LogP contribution in [-0.2, 0) is 10.0 Å². The fourth-order valence-corrected chi connectivity index (χ4v) is 3.54. The van der Waals surface area contributed by atoms with E-state index in [4.69, 9.17) is 11.6 Å². The van der Waals surface area contributed by atoms with Gasteiger partial charge in [0.15, 0.2) is 0 Å². The third-order valence-electron chi connectivity index (χ3n) is 3.60. The zero-order valence-corrected chi connectivity index (χ0v) is 15.9. The molecule has 0 fully saturated rings. The van der Waals surface area contributed by atoms with E-state index in [1.807, 2.05) is 13.8 Å². The van der Waals surface area contributed by atoms with Gasteiger partial charge in [0.25, 0.3) is 5.91 Å². The number of hydrogen-bond donors (Lipinski definition) is 2. The summed E-state index contributed by atoms with van der Waals surface area (Å²) in [5.41, 5.74) is 1.59. The van der Waals surface area contributed by atoms with Crippen LogP contribution in [-0.4, -0.2) is 20.9 Å². The van der Waals surface area contributed by atoms with E-state index >= 15 is 0 Å². The Morgan fingerprint density at radius 1 is 1.16 bits per heavy atom. The summed E-state index contributed by atoms with van der Waals surface area (Å²) in [5.74, 6) is -0.210. The summed E-state index contributed by atoms with van der Waals surface area (Å²) < 4.78 is 27.1. The van der Waals surface area contributed by atoms with Crippen molar-refractivity contribution < 1.29 is 13.2 Å². The van der Waals surface area contributed by atoms with E-state index in [-0.39, 0.29) is 16.4 Å². The minimum atomic E-state index is -3.65. The molecule has 7 heteroatoms. The van der Waals surface area contributed by atoms with Crippen LogP contribution in [0.5, 0.6) is 0 Å². The minimum Gasteiger partial charge on any atom is -0.322 e. The van der Waals surface area contributed by atoms with Crippen molar-refractivity contribution in [2.24, 2.45) is 5.92 Å². The molecule has 0 saturated carbocycles. The van der Waals surface area contributed by atoms with Gasteiger partial charge in [0.1, 0.15) is 0 Å². The SMILES string of the molecule is Cc1c(Cl)cccc1NC(=O)c1cccc(S(=O)(=O)NCC(C)C)c1. The summed E-state index contributed by atoms with van der Waals surface area (Å²) in [6.07, 6.45) is 0. The maximum absolute atomic E-state index is 12.5. The van der Waals surface area contributed by atoms with Crippen LogP contribution in [0.15, 0.2) is 47.4 Å². The van der Waals surface area contributed by atoms with Crippen molar-refractivity contribution in [2.75, 3.05) is 11.9 Å². The number of hydrogen-bond acceptors (Lipinski definition) is 3. The zero-order chi connectivity index (χ0) is 18.6. The molecular weight excluding hydrogens is 360 g/mol. The van der Waals surface area contributed by atoms with Gasteiger partial charge in [-0.2, -0.15) is 0 Å². The Hall–Kier alpha value is -1.89. The van der Waals surface area contributed by atoms with Crippen molar-refractivity contribution >= 4 is 33.2 Å². The van der Waals surface area contributed by atoms with Gasteiger partial charge < -0.3 is 5.32 Å². The van der Waals surface area contributed by atoms with Crippen LogP contribution in [0, 0.1) is 12.8 Å². The van der Waals surface area contributed by atoms with Gasteiger partial charge in [-0.25, -0.2) is 13.1 Å². The van der Waals surface area contributed by atoms with Gasteiger partial charge in [0.2, 0.25) is 10.0 Å². The van der Waals surface area contributed by atoms with Crippen molar-refractivity contribution in [3.8, 4) is 0 Å². The third kappa shape index (κ3) is 5.04. The van der Waals surface area contributed by atoms with E-state index in [2.05, 4.69) is 10.0 Å². The first kappa shape index (κ1) is 19.4. The number of sulfonamides is 1. The van der Waals surface area contributed by atoms with Crippen LogP contribution in [0.1, 0.15) is 29.8 Å². The van der Waals surface area contributed by atoms with E-state index in [9.17, 15) is 13.2 Å². The van der Waals surface area contributed by atoms with Gasteiger partial charge in [-0.15, -0.1) is 0 Å². The average Bonchev–Trinajstić information content (AvgIpc) is 2.57. The van der Waals surface area contributed by atoms with E-state index < -0.39 is 15.9 Å². The molecule has 2 rings (SSSR count). The van der Waals surface area contributed by atoms with Crippen molar-refractivity contribution in [3.05, 3.63) is 58.6 Å². The number of anilines is 1. The topological polar surface area (TPSA) is 75.3 Å². The standard InChI is InChI=1S/C18H21ClN2O3S/c1-12(2)11-20-25(23,24)15-7-4-6-14(10-15)18(22)21-17-9-5-8-16(19)13(17)3/h4-10,12,20H,11H2,1-3H3,(H,21,22). The average molecular weight is 381 g/mol. The van der Waals surface area contributed by atoms with Gasteiger partial charge in [0.05, 0.1) is 4.90 Å². The molecule has 2 N–H and O–H groups in total. The zero-order valence-electron chi connectivity index (χ0n) is 14.3. The summed E-state index contributed by atoms with van der Waals surface area (Å²) >= 11 is 6.05. The molecule has 134 valence electrons. The predicted molar refractivity (Wildman–Crippen MR) is 101 cm³/mol. The van der Waals surface area contributed by atoms with Gasteiger partial charge in [-0.1, -0.05) is 37.6 Å². The lowest BCUT2D eigenvalue weighted by atomic mass is 10.1. The van der Waals surface area contributed by atoms with Crippen molar-refractivity contribution in [1.82, 2.24) is 4.72 Å². The Balaban J connectivity index is 2.23. The predicted octanol–water partition coefficient (Wildman–Crippen LogP) is 3.84. The lowest BCUT2D eigenvalue weighted by Gasteiger charge is -2.11. The van der Waals surface area contributed by atoms with Crippen LogP contribution in [0.3, 0.4) is 0 Å². The lowest BCUT2D eigenvalue weighted by molar-refractivity contribution is 0.102. The highest BCUT2D eigenvalue weighted by atomic mass is 35.5. The Bertz CT molecular complexity index is 880. The number of carbonyl (C=O) groups is 1. The van der Waals surface area contributed by atoms with Crippen LogP contribution in [0.25, 0.3) is 0 Å². The van der Waals surface area contributed by atoms with Crippen molar-refractivity contribution in [1.29, 1.82) is 0 Å². The monoisotopic (exact) mass is 380 g/mol. The minimum absolute atomic E-state index is 0.0589. The quantitative estimate of drug-likeness (QED) is 0.799. The number of carbonyl (C=O) groups excluding carboxylic acids is 1. The first-order chi connectivity index (χ1) is 11.7. The second kappa shape index (κ2) is 7.99. The molecule has 0 saturated heterocycles. The molecule has 0 radical (unpaired) electrons. The summed E-state index contributed by atoms with van der Waals surface area (Å²) in [5, 5.41) is 3.31. The molecule has 1 amide bonds. The summed E-state index contributed by atoms with van der Waals surface area (Å²) in [7, 11) is -3.65. The highest BCUT2D eigenvalue weighted by Gasteiger charge is 2.17. The first-order valence-electron chi connectivity index (χ1n) is 7.87. The Labute approximate surface area is 153 Å². The first-order valence-corrected chi connectivity index (χ1v) is 9.73. The van der Waals surface area contributed by atoms with Crippen molar-refractivity contribution in [3.63, 3.8) is 0 Å². The van der Waals surface area contributed by atoms with E-state index in [0.717, 1.165) is 5.56 Å². The second-order valence-corrected chi connectivity index (χ2v) is 8.31. The Morgan fingerprint density at radius 3 is 2.52 bits per heavy atom. The normalized spacial score (nSPS) is 11.6. The molecule has 0 heterocycles. The molecule has 0 aliphatic rings. The fourth-order valence-electron chi connectivity index (χ4n) is 2.10. The molecule has 0 aliphatic carbocycles. The van der Waals surface area contributed by atoms with E-state index in [1.165, 1.54) is 12.1 Å². The molecule has 2 aromatic carbocycles. The van der Waals surface area contributed by atoms with Gasteiger partial charge in [-0.05, 0) is 48.7 Å². The Morgan fingerprint density at radius 2 is 1.84 bits per heavy atom. The molecular formula is C18H21ClN2O3S. The molecule has 0 bridgehead atoms. The highest BCUT2D eigenvalue weighted by molar-refractivity contribution is 7.89. The summed E-state index contributed by atoms with van der Waals surface area (Å²) in [6, 6.07) is 11.1. The summed E-state index contributed by atoms with van der Waals surface area (Å²) in [6.45, 7) is 5.97. The number of rotatable bonds is 6. The maximum atomic E-state index is 12.5. The lowest BCUT2D eigenvalue weighted by Crippen LogP contribution is -2.27. The van der Waals surface area contributed by atoms with Gasteiger partial charge in [0, 0.05) is 22.8 Å². The van der Waals surface area contributed by atoms with E-state index in [1.54, 1.807) is 37.3 Å². The summed E-state index contributed by atoms with van der Waals surface area (Å²) in [4.78, 5) is 12.5. The van der Waals surface area contributed by atoms with Gasteiger partial charge in [-0.3, -0.25) is 4.79 Å². The number of benzene rings is 2. The molecule has 0 atom stereocenters. The molecule has 0 aromatic heterocycles. The maximum Gasteiger partial charge on any atom is 0.255 e. The second-order valence-electron chi connectivity index (χ2n) is 6.14. The molecule has 0 aliphatic heterocycles. The molecule has 0 unspecified atom stereocenters. The smallest absolute Gasteiger partial charge is 0.255 e. The number of nitrogens with one attached hydrogen (secondary N) is 2. The molecule has 25 heavy (non-hydrogen) atoms. The van der Waals surface area contributed by atoms with Crippen molar-refractivity contribution in [2.45, 2.75) is 25.7 Å². The molecule has 2 aromatic rings. The van der Waals surface area contributed by atoms with Gasteiger partial charge >= 0.3 is 0 Å². The highest BCUT2D eigenvalue weighted by Crippen LogP contribution is 2.23. The van der Waals surface area contributed by atoms with Crippen LogP contribution in [0.4, 0.5) is 5.69 Å². The van der Waals surface area contributed by atoms with E-state index in [0.29, 0.717) is 17.3 Å².